The summed E-state index contributed by atoms with van der Waals surface area (Å²) in [7, 11) is 2.86. The van der Waals surface area contributed by atoms with E-state index in [0.717, 1.165) is 10.1 Å². The molecule has 1 atom stereocenters. The second-order valence-corrected chi connectivity index (χ2v) is 7.03. The summed E-state index contributed by atoms with van der Waals surface area (Å²) >= 11 is 0. The van der Waals surface area contributed by atoms with Crippen LogP contribution in [0.1, 0.15) is 30.9 Å². The minimum atomic E-state index is -0.629. The second-order valence-electron chi connectivity index (χ2n) is 7.03. The Morgan fingerprint density at radius 2 is 1.81 bits per heavy atom. The van der Waals surface area contributed by atoms with Gasteiger partial charge in [-0.2, -0.15) is 5.26 Å². The number of rotatable bonds is 6. The maximum atomic E-state index is 12.2. The first-order chi connectivity index (χ1) is 12.2. The van der Waals surface area contributed by atoms with Gasteiger partial charge < -0.3 is 10.4 Å². The molecule has 0 amide bonds. The van der Waals surface area contributed by atoms with Crippen LogP contribution in [0.4, 0.5) is 5.82 Å². The molecule has 138 valence electrons. The Morgan fingerprint density at radius 3 is 2.35 bits per heavy atom. The maximum absolute atomic E-state index is 12.2. The highest BCUT2D eigenvalue weighted by Gasteiger charge is 2.30. The molecule has 2 aromatic rings. The molecule has 26 heavy (non-hydrogen) atoms. The summed E-state index contributed by atoms with van der Waals surface area (Å²) < 4.78 is 2.17. The Labute approximate surface area is 152 Å². The third-order valence-electron chi connectivity index (χ3n) is 4.80. The zero-order chi connectivity index (χ0) is 19.5. The van der Waals surface area contributed by atoms with Crippen molar-refractivity contribution in [3.63, 3.8) is 0 Å². The number of hydrogen-bond donors (Lipinski definition) is 2. The fourth-order valence-electron chi connectivity index (χ4n) is 2.99. The number of nitrogens with one attached hydrogen (secondary N) is 1. The summed E-state index contributed by atoms with van der Waals surface area (Å²) in [5.41, 5.74) is -0.667. The number of nitrogens with zero attached hydrogens (tertiary/aromatic N) is 3. The molecule has 0 radical (unpaired) electrons. The molecule has 7 heteroatoms. The van der Waals surface area contributed by atoms with E-state index >= 15 is 0 Å². The SMILES string of the molecule is Cn1c(NCC(c2ccccc2)C(C)(C)CO)c(C#N)c(=O)n(C)c1=O. The van der Waals surface area contributed by atoms with Crippen molar-refractivity contribution in [2.24, 2.45) is 19.5 Å². The van der Waals surface area contributed by atoms with Gasteiger partial charge in [-0.25, -0.2) is 4.79 Å². The smallest absolute Gasteiger partial charge is 0.332 e. The van der Waals surface area contributed by atoms with Gasteiger partial charge in [0.25, 0.3) is 5.56 Å². The van der Waals surface area contributed by atoms with E-state index in [1.165, 1.54) is 18.7 Å². The molecule has 0 aliphatic heterocycles. The molecule has 2 rings (SSSR count). The fraction of sp³-hybridized carbons (Fsp3) is 0.421. The average molecular weight is 356 g/mol. The first-order valence-corrected chi connectivity index (χ1v) is 8.34. The summed E-state index contributed by atoms with van der Waals surface area (Å²) in [6.45, 7) is 4.21. The number of aliphatic hydroxyl groups excluding tert-OH is 1. The van der Waals surface area contributed by atoms with Crippen LogP contribution in [0, 0.1) is 16.7 Å². The maximum Gasteiger partial charge on any atom is 0.332 e. The molecule has 2 N–H and O–H groups in total. The Morgan fingerprint density at radius 1 is 1.19 bits per heavy atom. The lowest BCUT2D eigenvalue weighted by molar-refractivity contribution is 0.134. The van der Waals surface area contributed by atoms with Crippen molar-refractivity contribution < 1.29 is 5.11 Å². The van der Waals surface area contributed by atoms with E-state index in [4.69, 9.17) is 0 Å². The van der Waals surface area contributed by atoms with Gasteiger partial charge in [0, 0.05) is 33.2 Å². The van der Waals surface area contributed by atoms with Crippen LogP contribution >= 0.6 is 0 Å². The standard InChI is InChI=1S/C19H24N4O3/c1-19(2,12-24)15(13-8-6-5-7-9-13)11-21-16-14(10-20)17(25)23(4)18(26)22(16)3/h5-9,15,21,24H,11-12H2,1-4H3. The van der Waals surface area contributed by atoms with Crippen LogP contribution in [0.3, 0.4) is 0 Å². The van der Waals surface area contributed by atoms with Crippen molar-refractivity contribution in [2.75, 3.05) is 18.5 Å². The molecular formula is C19H24N4O3. The van der Waals surface area contributed by atoms with Crippen molar-refractivity contribution in [1.82, 2.24) is 9.13 Å². The monoisotopic (exact) mass is 356 g/mol. The van der Waals surface area contributed by atoms with Gasteiger partial charge in [-0.1, -0.05) is 44.2 Å². The molecule has 1 unspecified atom stereocenters. The summed E-state index contributed by atoms with van der Waals surface area (Å²) in [5.74, 6) is 0.0923. The lowest BCUT2D eigenvalue weighted by Gasteiger charge is -2.33. The number of anilines is 1. The summed E-state index contributed by atoms with van der Waals surface area (Å²) in [6, 6.07) is 11.6. The first kappa shape index (κ1) is 19.5. The molecular weight excluding hydrogens is 332 g/mol. The molecule has 7 nitrogen and oxygen atoms in total. The van der Waals surface area contributed by atoms with E-state index < -0.39 is 16.7 Å². The summed E-state index contributed by atoms with van der Waals surface area (Å²) in [5, 5.41) is 22.3. The van der Waals surface area contributed by atoms with Crippen LogP contribution in [0.5, 0.6) is 0 Å². The first-order valence-electron chi connectivity index (χ1n) is 8.34. The van der Waals surface area contributed by atoms with E-state index in [-0.39, 0.29) is 23.9 Å². The van der Waals surface area contributed by atoms with Gasteiger partial charge in [-0.15, -0.1) is 0 Å². The van der Waals surface area contributed by atoms with Crippen LogP contribution in [-0.4, -0.2) is 27.4 Å². The largest absolute Gasteiger partial charge is 0.396 e. The number of nitriles is 1. The molecule has 0 aliphatic rings. The Hall–Kier alpha value is -2.85. The van der Waals surface area contributed by atoms with Gasteiger partial charge in [0.1, 0.15) is 11.9 Å². The fourth-order valence-corrected chi connectivity index (χ4v) is 2.99. The Balaban J connectivity index is 2.47. The molecule has 1 aromatic carbocycles. The predicted molar refractivity (Wildman–Crippen MR) is 100 cm³/mol. The summed E-state index contributed by atoms with van der Waals surface area (Å²) in [6.07, 6.45) is 0. The molecule has 1 heterocycles. The number of aromatic nitrogens is 2. The Bertz CT molecular complexity index is 936. The van der Waals surface area contributed by atoms with Gasteiger partial charge in [0.15, 0.2) is 5.56 Å². The molecule has 1 aromatic heterocycles. The highest BCUT2D eigenvalue weighted by Crippen LogP contribution is 2.35. The minimum absolute atomic E-state index is 0.0329. The normalized spacial score (nSPS) is 12.5. The van der Waals surface area contributed by atoms with Gasteiger partial charge in [-0.3, -0.25) is 13.9 Å². The van der Waals surface area contributed by atoms with Crippen LogP contribution in [-0.2, 0) is 14.1 Å². The Kier molecular flexibility index (Phi) is 5.68. The number of aliphatic hydroxyl groups is 1. The lowest BCUT2D eigenvalue weighted by Crippen LogP contribution is -2.40. The molecule has 0 spiro atoms. The highest BCUT2D eigenvalue weighted by molar-refractivity contribution is 5.51. The van der Waals surface area contributed by atoms with Crippen LogP contribution in [0.2, 0.25) is 0 Å². The van der Waals surface area contributed by atoms with Gasteiger partial charge in [0.2, 0.25) is 0 Å². The molecule has 0 bridgehead atoms. The second kappa shape index (κ2) is 7.58. The third-order valence-corrected chi connectivity index (χ3v) is 4.80. The van der Waals surface area contributed by atoms with Crippen molar-refractivity contribution >= 4 is 5.82 Å². The molecule has 0 saturated heterocycles. The van der Waals surface area contributed by atoms with Crippen LogP contribution in [0.25, 0.3) is 0 Å². The van der Waals surface area contributed by atoms with E-state index in [9.17, 15) is 20.0 Å². The highest BCUT2D eigenvalue weighted by atomic mass is 16.3. The van der Waals surface area contributed by atoms with Crippen molar-refractivity contribution in [2.45, 2.75) is 19.8 Å². The molecule has 0 fully saturated rings. The minimum Gasteiger partial charge on any atom is -0.396 e. The van der Waals surface area contributed by atoms with E-state index in [0.29, 0.717) is 6.54 Å². The van der Waals surface area contributed by atoms with Gasteiger partial charge in [-0.05, 0) is 11.0 Å². The summed E-state index contributed by atoms with van der Waals surface area (Å²) in [4.78, 5) is 24.4. The quantitative estimate of drug-likeness (QED) is 0.809. The third kappa shape index (κ3) is 3.55. The van der Waals surface area contributed by atoms with Crippen molar-refractivity contribution in [1.29, 1.82) is 5.26 Å². The van der Waals surface area contributed by atoms with Crippen LogP contribution in [0.15, 0.2) is 39.9 Å². The topological polar surface area (TPSA) is 100 Å². The zero-order valence-corrected chi connectivity index (χ0v) is 15.5. The van der Waals surface area contributed by atoms with E-state index in [1.807, 2.05) is 50.2 Å². The number of hydrogen-bond acceptors (Lipinski definition) is 5. The predicted octanol–water partition coefficient (Wildman–Crippen LogP) is 1.17. The lowest BCUT2D eigenvalue weighted by atomic mass is 9.75. The van der Waals surface area contributed by atoms with Crippen molar-refractivity contribution in [3.8, 4) is 6.07 Å². The van der Waals surface area contributed by atoms with E-state index in [1.54, 1.807) is 0 Å². The molecule has 0 aliphatic carbocycles. The van der Waals surface area contributed by atoms with Crippen LogP contribution < -0.4 is 16.6 Å². The van der Waals surface area contributed by atoms with Gasteiger partial charge in [0.05, 0.1) is 0 Å². The zero-order valence-electron chi connectivity index (χ0n) is 15.5. The molecule has 0 saturated carbocycles. The average Bonchev–Trinajstić information content (AvgIpc) is 2.65. The number of benzene rings is 1. The van der Waals surface area contributed by atoms with Gasteiger partial charge >= 0.3 is 5.69 Å². The van der Waals surface area contributed by atoms with E-state index in [2.05, 4.69) is 5.32 Å². The van der Waals surface area contributed by atoms with Crippen molar-refractivity contribution in [3.05, 3.63) is 62.3 Å².